The number of halogens is 1. The first-order chi connectivity index (χ1) is 10.1. The fourth-order valence-corrected chi connectivity index (χ4v) is 2.93. The van der Waals surface area contributed by atoms with Crippen LogP contribution < -0.4 is 4.74 Å². The van der Waals surface area contributed by atoms with E-state index in [9.17, 15) is 0 Å². The van der Waals surface area contributed by atoms with Crippen molar-refractivity contribution in [1.82, 2.24) is 0 Å². The second kappa shape index (κ2) is 7.51. The van der Waals surface area contributed by atoms with E-state index in [4.69, 9.17) is 16.3 Å². The maximum atomic E-state index is 6.21. The molecule has 0 spiro atoms. The lowest BCUT2D eigenvalue weighted by Crippen LogP contribution is -2.12. The fourth-order valence-electron chi connectivity index (χ4n) is 2.71. The first-order valence-electron chi connectivity index (χ1n) is 7.38. The Kier molecular flexibility index (Phi) is 5.69. The molecule has 21 heavy (non-hydrogen) atoms. The predicted molar refractivity (Wildman–Crippen MR) is 90.5 cm³/mol. The SMILES string of the molecule is COc1ccc(C)cc1CC(CCl)Cc1ccccc1C. The highest BCUT2D eigenvalue weighted by molar-refractivity contribution is 6.18. The fraction of sp³-hybridized carbons (Fsp3) is 0.368. The predicted octanol–water partition coefficient (Wildman–Crippen LogP) is 4.95. The number of rotatable bonds is 6. The molecule has 0 radical (unpaired) electrons. The topological polar surface area (TPSA) is 9.23 Å². The van der Waals surface area contributed by atoms with Gasteiger partial charge in [-0.2, -0.15) is 0 Å². The molecule has 1 nitrogen and oxygen atoms in total. The summed E-state index contributed by atoms with van der Waals surface area (Å²) < 4.78 is 5.48. The summed E-state index contributed by atoms with van der Waals surface area (Å²) in [5, 5.41) is 0. The number of alkyl halides is 1. The van der Waals surface area contributed by atoms with Crippen LogP contribution >= 0.6 is 11.6 Å². The molecule has 2 aromatic carbocycles. The molecule has 0 aliphatic rings. The van der Waals surface area contributed by atoms with Crippen LogP contribution in [0.4, 0.5) is 0 Å². The van der Waals surface area contributed by atoms with Crippen LogP contribution in [0.1, 0.15) is 22.3 Å². The van der Waals surface area contributed by atoms with Gasteiger partial charge in [-0.1, -0.05) is 42.0 Å². The first kappa shape index (κ1) is 15.9. The molecule has 0 N–H and O–H groups in total. The Morgan fingerprint density at radius 2 is 1.71 bits per heavy atom. The molecular weight excluding hydrogens is 280 g/mol. The molecule has 2 aromatic rings. The molecule has 0 saturated carbocycles. The standard InChI is InChI=1S/C19H23ClO/c1-14-8-9-19(21-3)18(10-14)12-16(13-20)11-17-7-5-4-6-15(17)2/h4-10,16H,11-13H2,1-3H3. The van der Waals surface area contributed by atoms with Gasteiger partial charge in [0.25, 0.3) is 0 Å². The Morgan fingerprint density at radius 1 is 1.00 bits per heavy atom. The Balaban J connectivity index is 2.16. The maximum absolute atomic E-state index is 6.21. The lowest BCUT2D eigenvalue weighted by molar-refractivity contribution is 0.405. The molecular formula is C19H23ClO. The Bertz CT molecular complexity index is 592. The van der Waals surface area contributed by atoms with Crippen LogP contribution in [-0.2, 0) is 12.8 Å². The number of methoxy groups -OCH3 is 1. The third kappa shape index (κ3) is 4.25. The summed E-state index contributed by atoms with van der Waals surface area (Å²) in [5.41, 5.74) is 5.23. The van der Waals surface area contributed by atoms with Crippen molar-refractivity contribution in [3.63, 3.8) is 0 Å². The molecule has 0 aromatic heterocycles. The summed E-state index contributed by atoms with van der Waals surface area (Å²) in [6.45, 7) is 4.27. The summed E-state index contributed by atoms with van der Waals surface area (Å²) in [6.07, 6.45) is 1.95. The zero-order valence-electron chi connectivity index (χ0n) is 13.0. The van der Waals surface area contributed by atoms with Gasteiger partial charge in [0.15, 0.2) is 0 Å². The quantitative estimate of drug-likeness (QED) is 0.686. The number of hydrogen-bond acceptors (Lipinski definition) is 1. The first-order valence-corrected chi connectivity index (χ1v) is 7.91. The Labute approximate surface area is 132 Å². The molecule has 1 unspecified atom stereocenters. The summed E-state index contributed by atoms with van der Waals surface area (Å²) >= 11 is 6.21. The number of benzene rings is 2. The number of aryl methyl sites for hydroxylation is 2. The third-order valence-corrected chi connectivity index (χ3v) is 4.37. The van der Waals surface area contributed by atoms with E-state index in [0.29, 0.717) is 11.8 Å². The molecule has 0 aliphatic carbocycles. The molecule has 1 atom stereocenters. The van der Waals surface area contributed by atoms with Crippen LogP contribution in [0.25, 0.3) is 0 Å². The average Bonchev–Trinajstić information content (AvgIpc) is 2.49. The molecule has 0 bridgehead atoms. The summed E-state index contributed by atoms with van der Waals surface area (Å²) in [7, 11) is 1.73. The minimum atomic E-state index is 0.420. The van der Waals surface area contributed by atoms with Crippen LogP contribution in [0.2, 0.25) is 0 Å². The van der Waals surface area contributed by atoms with Crippen molar-refractivity contribution in [2.45, 2.75) is 26.7 Å². The minimum Gasteiger partial charge on any atom is -0.496 e. The van der Waals surface area contributed by atoms with Gasteiger partial charge in [-0.15, -0.1) is 11.6 Å². The van der Waals surface area contributed by atoms with Gasteiger partial charge in [-0.05, 0) is 55.4 Å². The van der Waals surface area contributed by atoms with Crippen molar-refractivity contribution in [1.29, 1.82) is 0 Å². The van der Waals surface area contributed by atoms with Gasteiger partial charge in [0, 0.05) is 5.88 Å². The van der Waals surface area contributed by atoms with Crippen LogP contribution in [-0.4, -0.2) is 13.0 Å². The summed E-state index contributed by atoms with van der Waals surface area (Å²) in [5.74, 6) is 2.04. The second-order valence-corrected chi connectivity index (χ2v) is 5.98. The van der Waals surface area contributed by atoms with Gasteiger partial charge in [0.05, 0.1) is 7.11 Å². The molecule has 0 amide bonds. The molecule has 2 rings (SSSR count). The monoisotopic (exact) mass is 302 g/mol. The smallest absolute Gasteiger partial charge is 0.122 e. The number of hydrogen-bond donors (Lipinski definition) is 0. The normalized spacial score (nSPS) is 12.2. The van der Waals surface area contributed by atoms with Crippen molar-refractivity contribution in [2.75, 3.05) is 13.0 Å². The van der Waals surface area contributed by atoms with Crippen LogP contribution in [0, 0.1) is 19.8 Å². The van der Waals surface area contributed by atoms with E-state index in [1.165, 1.54) is 22.3 Å². The van der Waals surface area contributed by atoms with E-state index < -0.39 is 0 Å². The summed E-state index contributed by atoms with van der Waals surface area (Å²) in [4.78, 5) is 0. The van der Waals surface area contributed by atoms with Gasteiger partial charge < -0.3 is 4.74 Å². The van der Waals surface area contributed by atoms with E-state index in [1.54, 1.807) is 7.11 Å². The lowest BCUT2D eigenvalue weighted by atomic mass is 9.91. The highest BCUT2D eigenvalue weighted by Crippen LogP contribution is 2.25. The van der Waals surface area contributed by atoms with E-state index in [0.717, 1.165) is 18.6 Å². The Hall–Kier alpha value is -1.47. The molecule has 2 heteroatoms. The highest BCUT2D eigenvalue weighted by Gasteiger charge is 2.14. The van der Waals surface area contributed by atoms with Crippen molar-refractivity contribution in [3.05, 3.63) is 64.7 Å². The summed E-state index contributed by atoms with van der Waals surface area (Å²) in [6, 6.07) is 14.9. The molecule has 0 saturated heterocycles. The Morgan fingerprint density at radius 3 is 2.38 bits per heavy atom. The van der Waals surface area contributed by atoms with Crippen LogP contribution in [0.5, 0.6) is 5.75 Å². The van der Waals surface area contributed by atoms with Crippen molar-refractivity contribution in [3.8, 4) is 5.75 Å². The van der Waals surface area contributed by atoms with Gasteiger partial charge >= 0.3 is 0 Å². The molecule has 0 fully saturated rings. The minimum absolute atomic E-state index is 0.420. The van der Waals surface area contributed by atoms with Gasteiger partial charge in [0.2, 0.25) is 0 Å². The average molecular weight is 303 g/mol. The number of ether oxygens (including phenoxy) is 1. The van der Waals surface area contributed by atoms with Crippen LogP contribution in [0.15, 0.2) is 42.5 Å². The van der Waals surface area contributed by atoms with Gasteiger partial charge in [-0.25, -0.2) is 0 Å². The highest BCUT2D eigenvalue weighted by atomic mass is 35.5. The van der Waals surface area contributed by atoms with Crippen LogP contribution in [0.3, 0.4) is 0 Å². The molecule has 112 valence electrons. The second-order valence-electron chi connectivity index (χ2n) is 5.67. The van der Waals surface area contributed by atoms with Crippen molar-refractivity contribution in [2.24, 2.45) is 5.92 Å². The maximum Gasteiger partial charge on any atom is 0.122 e. The zero-order chi connectivity index (χ0) is 15.2. The van der Waals surface area contributed by atoms with Crippen molar-refractivity contribution >= 4 is 11.6 Å². The lowest BCUT2D eigenvalue weighted by Gasteiger charge is -2.18. The van der Waals surface area contributed by atoms with E-state index in [1.807, 2.05) is 6.07 Å². The van der Waals surface area contributed by atoms with E-state index >= 15 is 0 Å². The van der Waals surface area contributed by atoms with E-state index in [2.05, 4.69) is 50.2 Å². The third-order valence-electron chi connectivity index (χ3n) is 3.93. The van der Waals surface area contributed by atoms with E-state index in [-0.39, 0.29) is 0 Å². The van der Waals surface area contributed by atoms with Gasteiger partial charge in [0.1, 0.15) is 5.75 Å². The zero-order valence-corrected chi connectivity index (χ0v) is 13.8. The molecule has 0 heterocycles. The molecule has 0 aliphatic heterocycles. The van der Waals surface area contributed by atoms with Crippen molar-refractivity contribution < 1.29 is 4.74 Å². The van der Waals surface area contributed by atoms with Gasteiger partial charge in [-0.3, -0.25) is 0 Å². The largest absolute Gasteiger partial charge is 0.496 e.